The summed E-state index contributed by atoms with van der Waals surface area (Å²) in [6.45, 7) is 3.12. The quantitative estimate of drug-likeness (QED) is 0.719. The first-order valence-electron chi connectivity index (χ1n) is 8.32. The minimum atomic E-state index is -0.403. The average molecular weight is 386 g/mol. The molecule has 2 fully saturated rings. The minimum Gasteiger partial charge on any atom is -0.383 e. The molecule has 0 saturated carbocycles. The van der Waals surface area contributed by atoms with Crippen LogP contribution in [0.2, 0.25) is 0 Å². The van der Waals surface area contributed by atoms with Crippen LogP contribution in [0.15, 0.2) is 4.34 Å². The SMILES string of the molecule is COCCN1CCC[C@]2(CCN(C(=O)CSc3nnc(N)s3)C2)C1=O. The zero-order valence-electron chi connectivity index (χ0n) is 14.3. The Kier molecular flexibility index (Phi) is 5.80. The molecule has 1 spiro atoms. The molecule has 10 heteroatoms. The van der Waals surface area contributed by atoms with Crippen molar-refractivity contribution in [2.45, 2.75) is 23.6 Å². The van der Waals surface area contributed by atoms with Crippen LogP contribution in [-0.4, -0.2) is 77.5 Å². The molecule has 0 aliphatic carbocycles. The highest BCUT2D eigenvalue weighted by Gasteiger charge is 2.49. The second kappa shape index (κ2) is 7.88. The van der Waals surface area contributed by atoms with Crippen LogP contribution in [0.4, 0.5) is 5.13 Å². The molecule has 8 nitrogen and oxygen atoms in total. The lowest BCUT2D eigenvalue weighted by Gasteiger charge is -2.39. The molecule has 1 aromatic rings. The van der Waals surface area contributed by atoms with Crippen molar-refractivity contribution in [3.8, 4) is 0 Å². The Morgan fingerprint density at radius 3 is 2.96 bits per heavy atom. The molecule has 0 aromatic carbocycles. The number of hydrogen-bond donors (Lipinski definition) is 1. The number of aromatic nitrogens is 2. The van der Waals surface area contributed by atoms with Crippen LogP contribution in [0, 0.1) is 5.41 Å². The Balaban J connectivity index is 1.56. The number of rotatable bonds is 6. The van der Waals surface area contributed by atoms with Crippen LogP contribution in [0.25, 0.3) is 0 Å². The molecule has 2 amide bonds. The first kappa shape index (κ1) is 18.4. The zero-order valence-corrected chi connectivity index (χ0v) is 15.9. The number of nitrogen functional groups attached to an aromatic ring is 1. The second-order valence-corrected chi connectivity index (χ2v) is 8.66. The van der Waals surface area contributed by atoms with E-state index in [1.165, 1.54) is 23.1 Å². The zero-order chi connectivity index (χ0) is 17.9. The lowest BCUT2D eigenvalue weighted by molar-refractivity contribution is -0.146. The molecule has 0 radical (unpaired) electrons. The van der Waals surface area contributed by atoms with Crippen LogP contribution in [-0.2, 0) is 14.3 Å². The molecule has 2 aliphatic rings. The normalized spacial score (nSPS) is 23.6. The molecule has 138 valence electrons. The van der Waals surface area contributed by atoms with Gasteiger partial charge in [-0.25, -0.2) is 0 Å². The summed E-state index contributed by atoms with van der Waals surface area (Å²) in [6.07, 6.45) is 2.59. The van der Waals surface area contributed by atoms with Crippen molar-refractivity contribution < 1.29 is 14.3 Å². The molecule has 1 aromatic heterocycles. The number of nitrogens with two attached hydrogens (primary N) is 1. The van der Waals surface area contributed by atoms with E-state index in [9.17, 15) is 9.59 Å². The van der Waals surface area contributed by atoms with Crippen molar-refractivity contribution in [1.29, 1.82) is 0 Å². The summed E-state index contributed by atoms with van der Waals surface area (Å²) < 4.78 is 5.79. The van der Waals surface area contributed by atoms with Gasteiger partial charge in [0.15, 0.2) is 4.34 Å². The number of hydrogen-bond acceptors (Lipinski definition) is 8. The van der Waals surface area contributed by atoms with Crippen LogP contribution in [0.1, 0.15) is 19.3 Å². The molecule has 2 aliphatic heterocycles. The van der Waals surface area contributed by atoms with Gasteiger partial charge in [-0.1, -0.05) is 23.1 Å². The lowest BCUT2D eigenvalue weighted by Crippen LogP contribution is -2.51. The van der Waals surface area contributed by atoms with Gasteiger partial charge >= 0.3 is 0 Å². The number of methoxy groups -OCH3 is 1. The van der Waals surface area contributed by atoms with Gasteiger partial charge in [0.2, 0.25) is 16.9 Å². The van der Waals surface area contributed by atoms with Crippen molar-refractivity contribution in [2.75, 3.05) is 51.4 Å². The minimum absolute atomic E-state index is 0.0393. The third-order valence-corrected chi connectivity index (χ3v) is 6.71. The van der Waals surface area contributed by atoms with Gasteiger partial charge < -0.3 is 20.3 Å². The summed E-state index contributed by atoms with van der Waals surface area (Å²) in [5.74, 6) is 0.514. The van der Waals surface area contributed by atoms with E-state index >= 15 is 0 Å². The van der Waals surface area contributed by atoms with Gasteiger partial charge in [-0.3, -0.25) is 9.59 Å². The topological polar surface area (TPSA) is 102 Å². The third-order valence-electron chi connectivity index (χ3n) is 4.84. The number of amides is 2. The molecule has 3 heterocycles. The summed E-state index contributed by atoms with van der Waals surface area (Å²) in [5, 5.41) is 8.06. The van der Waals surface area contributed by atoms with Gasteiger partial charge in [-0.05, 0) is 19.3 Å². The first-order chi connectivity index (χ1) is 12.0. The number of piperidine rings is 1. The number of anilines is 1. The summed E-state index contributed by atoms with van der Waals surface area (Å²) in [4.78, 5) is 29.1. The van der Waals surface area contributed by atoms with E-state index < -0.39 is 5.41 Å². The fourth-order valence-electron chi connectivity index (χ4n) is 3.52. The Morgan fingerprint density at radius 2 is 2.24 bits per heavy atom. The number of carbonyl (C=O) groups is 2. The van der Waals surface area contributed by atoms with E-state index in [0.29, 0.717) is 41.5 Å². The smallest absolute Gasteiger partial charge is 0.233 e. The van der Waals surface area contributed by atoms with E-state index in [1.807, 2.05) is 9.80 Å². The molecular weight excluding hydrogens is 362 g/mol. The van der Waals surface area contributed by atoms with Gasteiger partial charge in [0, 0.05) is 33.3 Å². The maximum Gasteiger partial charge on any atom is 0.233 e. The van der Waals surface area contributed by atoms with Crippen molar-refractivity contribution in [3.63, 3.8) is 0 Å². The van der Waals surface area contributed by atoms with Crippen LogP contribution in [0.5, 0.6) is 0 Å². The summed E-state index contributed by atoms with van der Waals surface area (Å²) >= 11 is 2.62. The van der Waals surface area contributed by atoms with Crippen molar-refractivity contribution in [2.24, 2.45) is 5.41 Å². The predicted molar refractivity (Wildman–Crippen MR) is 96.4 cm³/mol. The summed E-state index contributed by atoms with van der Waals surface area (Å²) in [7, 11) is 1.64. The van der Waals surface area contributed by atoms with Gasteiger partial charge in [0.1, 0.15) is 0 Å². The standard InChI is InChI=1S/C15H23N5O3S2/c1-23-8-7-19-5-2-3-15(12(19)22)4-6-20(10-15)11(21)9-24-14-18-17-13(16)25-14/h2-10H2,1H3,(H2,16,17)/t15-/m1/s1. The van der Waals surface area contributed by atoms with Crippen LogP contribution in [0.3, 0.4) is 0 Å². The van der Waals surface area contributed by atoms with Gasteiger partial charge in [0.05, 0.1) is 17.8 Å². The van der Waals surface area contributed by atoms with E-state index in [0.717, 1.165) is 25.8 Å². The van der Waals surface area contributed by atoms with E-state index in [-0.39, 0.29) is 11.8 Å². The monoisotopic (exact) mass is 385 g/mol. The molecule has 2 saturated heterocycles. The highest BCUT2D eigenvalue weighted by Crippen LogP contribution is 2.40. The maximum absolute atomic E-state index is 12.9. The Hall–Kier alpha value is -1.39. The molecular formula is C15H23N5O3S2. The van der Waals surface area contributed by atoms with Crippen LogP contribution < -0.4 is 5.73 Å². The van der Waals surface area contributed by atoms with E-state index in [4.69, 9.17) is 10.5 Å². The number of ether oxygens (including phenoxy) is 1. The molecule has 0 bridgehead atoms. The molecule has 1 atom stereocenters. The summed E-state index contributed by atoms with van der Waals surface area (Å²) in [5.41, 5.74) is 5.15. The maximum atomic E-state index is 12.9. The van der Waals surface area contributed by atoms with Gasteiger partial charge in [0.25, 0.3) is 0 Å². The molecule has 2 N–H and O–H groups in total. The van der Waals surface area contributed by atoms with E-state index in [1.54, 1.807) is 7.11 Å². The Bertz CT molecular complexity index is 640. The van der Waals surface area contributed by atoms with Crippen molar-refractivity contribution in [3.05, 3.63) is 0 Å². The van der Waals surface area contributed by atoms with Crippen molar-refractivity contribution >= 4 is 40.0 Å². The van der Waals surface area contributed by atoms with E-state index in [2.05, 4.69) is 10.2 Å². The summed E-state index contributed by atoms with van der Waals surface area (Å²) in [6, 6.07) is 0. The number of carbonyl (C=O) groups excluding carboxylic acids is 2. The predicted octanol–water partition coefficient (Wildman–Crippen LogP) is 0.700. The first-order valence-corrected chi connectivity index (χ1v) is 10.1. The molecule has 3 rings (SSSR count). The highest BCUT2D eigenvalue weighted by atomic mass is 32.2. The fourth-order valence-corrected chi connectivity index (χ4v) is 5.06. The number of thioether (sulfide) groups is 1. The Morgan fingerprint density at radius 1 is 1.40 bits per heavy atom. The fraction of sp³-hybridized carbons (Fsp3) is 0.733. The lowest BCUT2D eigenvalue weighted by atomic mass is 9.78. The third kappa shape index (κ3) is 4.06. The number of nitrogens with zero attached hydrogens (tertiary/aromatic N) is 4. The van der Waals surface area contributed by atoms with Gasteiger partial charge in [-0.15, -0.1) is 10.2 Å². The highest BCUT2D eigenvalue weighted by molar-refractivity contribution is 8.01. The number of likely N-dealkylation sites (tertiary alicyclic amines) is 2. The molecule has 25 heavy (non-hydrogen) atoms. The largest absolute Gasteiger partial charge is 0.383 e. The Labute approximate surface area is 155 Å². The van der Waals surface area contributed by atoms with Crippen molar-refractivity contribution in [1.82, 2.24) is 20.0 Å². The van der Waals surface area contributed by atoms with Crippen LogP contribution >= 0.6 is 23.1 Å². The van der Waals surface area contributed by atoms with Gasteiger partial charge in [-0.2, -0.15) is 0 Å². The average Bonchev–Trinajstić information content (AvgIpc) is 3.21. The molecule has 0 unspecified atom stereocenters. The second-order valence-electron chi connectivity index (χ2n) is 6.43.